The maximum Gasteiger partial charge on any atom is 0.133 e. The molecule has 0 aliphatic carbocycles. The van der Waals surface area contributed by atoms with E-state index in [0.717, 1.165) is 5.56 Å². The fourth-order valence-electron chi connectivity index (χ4n) is 0.689. The number of methoxy groups -OCH3 is 1. The Bertz CT molecular complexity index is 309. The Hall–Kier alpha value is -0.500. The summed E-state index contributed by atoms with van der Waals surface area (Å²) in [5, 5.41) is 0. The summed E-state index contributed by atoms with van der Waals surface area (Å²) in [5.74, 6) is 0.347. The molecule has 1 aromatic rings. The average molecular weight is 204 g/mol. The molecule has 0 fully saturated rings. The molecule has 0 aromatic heterocycles. The monoisotopic (exact) mass is 203 g/mol. The normalized spacial score (nSPS) is 15.2. The molecule has 1 aromatic carbocycles. The second-order valence-corrected chi connectivity index (χ2v) is 2.89. The summed E-state index contributed by atoms with van der Waals surface area (Å²) in [7, 11) is -2.39. The summed E-state index contributed by atoms with van der Waals surface area (Å²) in [5.41, 5.74) is 0.961. The van der Waals surface area contributed by atoms with Gasteiger partial charge in [-0.2, -0.15) is 0 Å². The molecule has 0 heterocycles. The van der Waals surface area contributed by atoms with Crippen LogP contribution in [0.5, 0.6) is 5.75 Å². The Balaban J connectivity index is 2.94. The Morgan fingerprint density at radius 2 is 2.40 bits per heavy atom. The first-order valence-electron chi connectivity index (χ1n) is 4.34. The molecule has 0 aliphatic heterocycles. The predicted molar refractivity (Wildman–Crippen MR) is 45.4 cm³/mol. The minimum Gasteiger partial charge on any atom is -0.496 e. The summed E-state index contributed by atoms with van der Waals surface area (Å²) in [6.07, 6.45) is 0. The van der Waals surface area contributed by atoms with E-state index in [4.69, 9.17) is 8.85 Å². The molecule has 1 nitrogen and oxygen atoms in total. The highest BCUT2D eigenvalue weighted by Gasteiger charge is 1.96. The SMILES string of the molecule is [2H]C([2H])([2H])Oc1cc(C)ccc1Br. The van der Waals surface area contributed by atoms with Crippen LogP contribution >= 0.6 is 15.9 Å². The molecular formula is C8H9BrO. The van der Waals surface area contributed by atoms with Gasteiger partial charge in [0.1, 0.15) is 5.75 Å². The van der Waals surface area contributed by atoms with Crippen LogP contribution in [0.3, 0.4) is 0 Å². The number of hydrogen-bond donors (Lipinski definition) is 0. The van der Waals surface area contributed by atoms with E-state index in [0.29, 0.717) is 10.2 Å². The van der Waals surface area contributed by atoms with Crippen molar-refractivity contribution in [1.29, 1.82) is 0 Å². The van der Waals surface area contributed by atoms with E-state index in [-0.39, 0.29) is 0 Å². The fourth-order valence-corrected chi connectivity index (χ4v) is 1.02. The number of aryl methyl sites for hydroxylation is 1. The molecular weight excluding hydrogens is 192 g/mol. The molecule has 2 heteroatoms. The lowest BCUT2D eigenvalue weighted by Crippen LogP contribution is -1.84. The molecule has 0 atom stereocenters. The lowest BCUT2D eigenvalue weighted by molar-refractivity contribution is 0.412. The van der Waals surface area contributed by atoms with Crippen LogP contribution in [0.25, 0.3) is 0 Å². The second-order valence-electron chi connectivity index (χ2n) is 2.04. The molecule has 0 spiro atoms. The summed E-state index contributed by atoms with van der Waals surface area (Å²) < 4.78 is 26.2. The number of halogens is 1. The van der Waals surface area contributed by atoms with Crippen LogP contribution in [0.2, 0.25) is 0 Å². The standard InChI is InChI=1S/C8H9BrO/c1-6-3-4-7(9)8(5-6)10-2/h3-5H,1-2H3/i2D3. The van der Waals surface area contributed by atoms with Gasteiger partial charge in [0, 0.05) is 0 Å². The third-order valence-electron chi connectivity index (χ3n) is 1.20. The van der Waals surface area contributed by atoms with E-state index in [2.05, 4.69) is 15.9 Å². The Morgan fingerprint density at radius 1 is 1.60 bits per heavy atom. The fraction of sp³-hybridized carbons (Fsp3) is 0.250. The van der Waals surface area contributed by atoms with E-state index in [1.54, 1.807) is 12.1 Å². The molecule has 0 amide bonds. The highest BCUT2D eigenvalue weighted by atomic mass is 79.9. The largest absolute Gasteiger partial charge is 0.496 e. The lowest BCUT2D eigenvalue weighted by Gasteiger charge is -2.02. The zero-order valence-electron chi connectivity index (χ0n) is 8.52. The minimum atomic E-state index is -2.39. The van der Waals surface area contributed by atoms with Crippen LogP contribution in [0.15, 0.2) is 22.7 Å². The molecule has 0 bridgehead atoms. The zero-order chi connectivity index (χ0) is 10.1. The van der Waals surface area contributed by atoms with Gasteiger partial charge in [-0.3, -0.25) is 0 Å². The van der Waals surface area contributed by atoms with Gasteiger partial charge in [0.15, 0.2) is 0 Å². The van der Waals surface area contributed by atoms with Crippen molar-refractivity contribution in [2.45, 2.75) is 6.92 Å². The molecule has 0 radical (unpaired) electrons. The van der Waals surface area contributed by atoms with Gasteiger partial charge in [-0.1, -0.05) is 6.07 Å². The first-order chi connectivity index (χ1) is 5.88. The zero-order valence-corrected chi connectivity index (χ0v) is 7.10. The van der Waals surface area contributed by atoms with Gasteiger partial charge in [0.2, 0.25) is 0 Å². The smallest absolute Gasteiger partial charge is 0.133 e. The van der Waals surface area contributed by atoms with Gasteiger partial charge in [0.05, 0.1) is 15.6 Å². The minimum absolute atomic E-state index is 0.347. The van der Waals surface area contributed by atoms with Gasteiger partial charge < -0.3 is 4.74 Å². The molecule has 54 valence electrons. The maximum atomic E-state index is 6.93. The summed E-state index contributed by atoms with van der Waals surface area (Å²) in [6, 6.07) is 5.31. The van der Waals surface area contributed by atoms with Gasteiger partial charge in [0.25, 0.3) is 0 Å². The van der Waals surface area contributed by atoms with Crippen molar-refractivity contribution in [1.82, 2.24) is 0 Å². The topological polar surface area (TPSA) is 9.23 Å². The Kier molecular flexibility index (Phi) is 1.34. The molecule has 1 rings (SSSR count). The first kappa shape index (κ1) is 4.39. The van der Waals surface area contributed by atoms with Gasteiger partial charge in [-0.25, -0.2) is 0 Å². The van der Waals surface area contributed by atoms with Crippen molar-refractivity contribution in [2.75, 3.05) is 7.04 Å². The summed E-state index contributed by atoms with van der Waals surface area (Å²) in [4.78, 5) is 0. The van der Waals surface area contributed by atoms with Crippen LogP contribution in [0.4, 0.5) is 0 Å². The molecule has 0 aliphatic rings. The Labute approximate surface area is 73.4 Å². The lowest BCUT2D eigenvalue weighted by atomic mass is 10.2. The molecule has 0 N–H and O–H groups in total. The van der Waals surface area contributed by atoms with Crippen LogP contribution < -0.4 is 4.74 Å². The van der Waals surface area contributed by atoms with Crippen LogP contribution in [0, 0.1) is 6.92 Å². The number of rotatable bonds is 1. The van der Waals surface area contributed by atoms with Crippen LogP contribution in [0.1, 0.15) is 9.68 Å². The predicted octanol–water partition coefficient (Wildman–Crippen LogP) is 2.77. The van der Waals surface area contributed by atoms with Crippen molar-refractivity contribution >= 4 is 15.9 Å². The first-order valence-corrected chi connectivity index (χ1v) is 3.63. The highest BCUT2D eigenvalue weighted by Crippen LogP contribution is 2.24. The third kappa shape index (κ3) is 1.51. The molecule has 0 saturated heterocycles. The molecule has 0 saturated carbocycles. The maximum absolute atomic E-state index is 6.93. The number of ether oxygens (including phenoxy) is 1. The van der Waals surface area contributed by atoms with Crippen LogP contribution in [-0.4, -0.2) is 7.04 Å². The van der Waals surface area contributed by atoms with Gasteiger partial charge >= 0.3 is 0 Å². The van der Waals surface area contributed by atoms with Crippen LogP contribution in [-0.2, 0) is 0 Å². The number of benzene rings is 1. The average Bonchev–Trinajstić information content (AvgIpc) is 1.94. The van der Waals surface area contributed by atoms with Crippen molar-refractivity contribution in [2.24, 2.45) is 0 Å². The number of hydrogen-bond acceptors (Lipinski definition) is 1. The van der Waals surface area contributed by atoms with E-state index in [1.165, 1.54) is 0 Å². The molecule has 0 unspecified atom stereocenters. The summed E-state index contributed by atoms with van der Waals surface area (Å²) >= 11 is 3.21. The second kappa shape index (κ2) is 3.06. The van der Waals surface area contributed by atoms with Gasteiger partial charge in [-0.15, -0.1) is 0 Å². The molecule has 10 heavy (non-hydrogen) atoms. The van der Waals surface area contributed by atoms with E-state index < -0.39 is 7.04 Å². The summed E-state index contributed by atoms with van der Waals surface area (Å²) in [6.45, 7) is 1.87. The quantitative estimate of drug-likeness (QED) is 0.683. The van der Waals surface area contributed by atoms with E-state index in [1.807, 2.05) is 13.0 Å². The van der Waals surface area contributed by atoms with Crippen molar-refractivity contribution in [3.8, 4) is 5.75 Å². The van der Waals surface area contributed by atoms with Crippen molar-refractivity contribution in [3.63, 3.8) is 0 Å². The third-order valence-corrected chi connectivity index (χ3v) is 1.85. The van der Waals surface area contributed by atoms with E-state index in [9.17, 15) is 0 Å². The van der Waals surface area contributed by atoms with Gasteiger partial charge in [-0.05, 0) is 40.5 Å². The van der Waals surface area contributed by atoms with Crippen molar-refractivity contribution < 1.29 is 8.85 Å². The van der Waals surface area contributed by atoms with E-state index >= 15 is 0 Å². The highest BCUT2D eigenvalue weighted by molar-refractivity contribution is 9.10. The Morgan fingerprint density at radius 3 is 3.10 bits per heavy atom. The van der Waals surface area contributed by atoms with Crippen molar-refractivity contribution in [3.05, 3.63) is 28.2 Å².